The van der Waals surface area contributed by atoms with Gasteiger partial charge in [0.2, 0.25) is 0 Å². The summed E-state index contributed by atoms with van der Waals surface area (Å²) in [6.07, 6.45) is 4.18. The number of rotatable bonds is 3. The fraction of sp³-hybridized carbons (Fsp3) is 0.318. The Bertz CT molecular complexity index is 1240. The zero-order valence-electron chi connectivity index (χ0n) is 16.7. The SMILES string of the molecule is Cl.N#Cc1ccc(N2CCN([C@H]3C=C(c4cc5ncsc5c(=O)[nH]4)CC3)CC2)c(F)c1. The lowest BCUT2D eigenvalue weighted by Gasteiger charge is -2.38. The van der Waals surface area contributed by atoms with Crippen molar-refractivity contribution in [3.05, 3.63) is 63.3 Å². The maximum absolute atomic E-state index is 14.3. The van der Waals surface area contributed by atoms with E-state index in [-0.39, 0.29) is 23.8 Å². The molecule has 2 aliphatic rings. The van der Waals surface area contributed by atoms with Gasteiger partial charge >= 0.3 is 0 Å². The molecule has 31 heavy (non-hydrogen) atoms. The molecule has 0 saturated carbocycles. The monoisotopic (exact) mass is 457 g/mol. The molecule has 160 valence electrons. The van der Waals surface area contributed by atoms with Crippen LogP contribution in [0.15, 0.2) is 40.6 Å². The predicted octanol–water partition coefficient (Wildman–Crippen LogP) is 3.79. The number of benzene rings is 1. The van der Waals surface area contributed by atoms with Crippen molar-refractivity contribution in [1.82, 2.24) is 14.9 Å². The minimum atomic E-state index is -0.341. The van der Waals surface area contributed by atoms with Crippen molar-refractivity contribution >= 4 is 45.2 Å². The van der Waals surface area contributed by atoms with Gasteiger partial charge in [0.1, 0.15) is 10.5 Å². The number of nitrogens with one attached hydrogen (secondary N) is 1. The predicted molar refractivity (Wildman–Crippen MR) is 123 cm³/mol. The van der Waals surface area contributed by atoms with Gasteiger partial charge in [0.05, 0.1) is 28.3 Å². The molecule has 1 fully saturated rings. The number of anilines is 1. The average Bonchev–Trinajstić information content (AvgIpc) is 3.44. The molecule has 1 aromatic carbocycles. The summed E-state index contributed by atoms with van der Waals surface area (Å²) in [5.41, 5.74) is 5.30. The Balaban J connectivity index is 0.00000231. The van der Waals surface area contributed by atoms with Crippen LogP contribution < -0.4 is 10.5 Å². The molecule has 0 unspecified atom stereocenters. The van der Waals surface area contributed by atoms with Crippen LogP contribution in [0.4, 0.5) is 10.1 Å². The van der Waals surface area contributed by atoms with Crippen LogP contribution in [0.5, 0.6) is 0 Å². The number of hydrogen-bond donors (Lipinski definition) is 1. The molecular weight excluding hydrogens is 437 g/mol. The highest BCUT2D eigenvalue weighted by molar-refractivity contribution is 7.16. The first kappa shape index (κ1) is 21.5. The van der Waals surface area contributed by atoms with Gasteiger partial charge in [-0.25, -0.2) is 9.37 Å². The number of nitrogens with zero attached hydrogens (tertiary/aromatic N) is 4. The second-order valence-electron chi connectivity index (χ2n) is 7.68. The normalized spacial score (nSPS) is 19.2. The Morgan fingerprint density at radius 1 is 1.23 bits per heavy atom. The van der Waals surface area contributed by atoms with E-state index < -0.39 is 0 Å². The number of aromatic nitrogens is 2. The number of H-pyrrole nitrogens is 1. The van der Waals surface area contributed by atoms with E-state index in [1.54, 1.807) is 17.6 Å². The van der Waals surface area contributed by atoms with Gasteiger partial charge in [-0.2, -0.15) is 5.26 Å². The fourth-order valence-electron chi connectivity index (χ4n) is 4.39. The molecule has 3 heterocycles. The van der Waals surface area contributed by atoms with Crippen molar-refractivity contribution in [1.29, 1.82) is 5.26 Å². The first-order valence-electron chi connectivity index (χ1n) is 9.98. The summed E-state index contributed by atoms with van der Waals surface area (Å²) in [7, 11) is 0. The molecule has 3 aromatic rings. The number of allylic oxidation sites excluding steroid dienone is 1. The molecule has 0 amide bonds. The van der Waals surface area contributed by atoms with Crippen LogP contribution in [0.1, 0.15) is 24.1 Å². The topological polar surface area (TPSA) is 76.0 Å². The van der Waals surface area contributed by atoms with Gasteiger partial charge in [-0.05, 0) is 42.7 Å². The van der Waals surface area contributed by atoms with Gasteiger partial charge in [-0.1, -0.05) is 6.08 Å². The number of aromatic amines is 1. The number of nitriles is 1. The van der Waals surface area contributed by atoms with E-state index in [1.165, 1.54) is 17.4 Å². The fourth-order valence-corrected chi connectivity index (χ4v) is 5.06. The summed E-state index contributed by atoms with van der Waals surface area (Å²) in [6.45, 7) is 3.17. The van der Waals surface area contributed by atoms with Crippen molar-refractivity contribution in [3.63, 3.8) is 0 Å². The van der Waals surface area contributed by atoms with Crippen LogP contribution in [0, 0.1) is 17.1 Å². The Labute approximate surface area is 189 Å². The standard InChI is InChI=1S/C22H20FN5OS.ClH/c23-17-9-14(12-24)1-4-20(17)28-7-5-27(6-8-28)16-3-2-15(10-16)18-11-19-21(22(29)26-18)30-13-25-19;/h1,4,9-11,13,16H,2-3,5-8H2,(H,26,29);1H/t16-;/m1./s1. The molecular formula is C22H21ClFN5OS. The lowest BCUT2D eigenvalue weighted by Crippen LogP contribution is -2.49. The summed E-state index contributed by atoms with van der Waals surface area (Å²) in [4.78, 5) is 24.0. The number of fused-ring (bicyclic) bond motifs is 1. The van der Waals surface area contributed by atoms with Gasteiger partial charge in [0.25, 0.3) is 5.56 Å². The molecule has 5 rings (SSSR count). The van der Waals surface area contributed by atoms with E-state index in [0.29, 0.717) is 22.0 Å². The summed E-state index contributed by atoms with van der Waals surface area (Å²) in [6, 6.07) is 8.92. The zero-order chi connectivity index (χ0) is 20.7. The molecule has 1 aliphatic heterocycles. The van der Waals surface area contributed by atoms with E-state index in [9.17, 15) is 9.18 Å². The maximum Gasteiger partial charge on any atom is 0.268 e. The molecule has 6 nitrogen and oxygen atoms in total. The second kappa shape index (κ2) is 8.79. The largest absolute Gasteiger partial charge is 0.367 e. The van der Waals surface area contributed by atoms with Crippen molar-refractivity contribution in [2.45, 2.75) is 18.9 Å². The average molecular weight is 458 g/mol. The van der Waals surface area contributed by atoms with E-state index in [4.69, 9.17) is 5.26 Å². The zero-order valence-corrected chi connectivity index (χ0v) is 18.3. The Kier molecular flexibility index (Phi) is 6.10. The van der Waals surface area contributed by atoms with Crippen LogP contribution >= 0.6 is 23.7 Å². The molecule has 0 bridgehead atoms. The summed E-state index contributed by atoms with van der Waals surface area (Å²) in [5, 5.41) is 8.91. The second-order valence-corrected chi connectivity index (χ2v) is 8.53. The summed E-state index contributed by atoms with van der Waals surface area (Å²) < 4.78 is 15.0. The van der Waals surface area contributed by atoms with Gasteiger partial charge in [0.15, 0.2) is 0 Å². The van der Waals surface area contributed by atoms with Gasteiger partial charge in [-0.3, -0.25) is 9.69 Å². The molecule has 0 spiro atoms. The molecule has 1 N–H and O–H groups in total. The van der Waals surface area contributed by atoms with E-state index in [0.717, 1.165) is 55.8 Å². The third kappa shape index (κ3) is 4.09. The third-order valence-electron chi connectivity index (χ3n) is 5.98. The summed E-state index contributed by atoms with van der Waals surface area (Å²) in [5.74, 6) is -0.341. The molecule has 0 radical (unpaired) electrons. The third-order valence-corrected chi connectivity index (χ3v) is 6.82. The minimum absolute atomic E-state index is 0. The van der Waals surface area contributed by atoms with E-state index in [2.05, 4.69) is 20.9 Å². The highest BCUT2D eigenvalue weighted by Gasteiger charge is 2.27. The number of piperazine rings is 1. The van der Waals surface area contributed by atoms with Gasteiger partial charge < -0.3 is 9.88 Å². The lowest BCUT2D eigenvalue weighted by atomic mass is 10.1. The quantitative estimate of drug-likeness (QED) is 0.647. The van der Waals surface area contributed by atoms with Crippen LogP contribution in [0.25, 0.3) is 15.8 Å². The van der Waals surface area contributed by atoms with Crippen LogP contribution in [-0.2, 0) is 0 Å². The van der Waals surface area contributed by atoms with Gasteiger partial charge in [0, 0.05) is 37.9 Å². The van der Waals surface area contributed by atoms with Crippen molar-refractivity contribution in [3.8, 4) is 6.07 Å². The van der Waals surface area contributed by atoms with Crippen molar-refractivity contribution in [2.24, 2.45) is 0 Å². The number of hydrogen-bond acceptors (Lipinski definition) is 6. The maximum atomic E-state index is 14.3. The molecule has 2 aromatic heterocycles. The van der Waals surface area contributed by atoms with Crippen LogP contribution in [-0.4, -0.2) is 47.1 Å². The highest BCUT2D eigenvalue weighted by atomic mass is 35.5. The van der Waals surface area contributed by atoms with Gasteiger partial charge in [-0.15, -0.1) is 23.7 Å². The van der Waals surface area contributed by atoms with Crippen LogP contribution in [0.2, 0.25) is 0 Å². The Morgan fingerprint density at radius 3 is 2.77 bits per heavy atom. The van der Waals surface area contributed by atoms with E-state index in [1.807, 2.05) is 17.0 Å². The highest BCUT2D eigenvalue weighted by Crippen LogP contribution is 2.31. The Hall–Kier alpha value is -2.73. The number of pyridine rings is 1. The van der Waals surface area contributed by atoms with Crippen LogP contribution in [0.3, 0.4) is 0 Å². The summed E-state index contributed by atoms with van der Waals surface area (Å²) >= 11 is 1.36. The Morgan fingerprint density at radius 2 is 2.03 bits per heavy atom. The molecule has 9 heteroatoms. The molecule has 1 saturated heterocycles. The molecule has 1 aliphatic carbocycles. The first-order chi connectivity index (χ1) is 14.6. The van der Waals surface area contributed by atoms with Crippen molar-refractivity contribution < 1.29 is 4.39 Å². The minimum Gasteiger partial charge on any atom is -0.367 e. The lowest BCUT2D eigenvalue weighted by molar-refractivity contribution is 0.214. The smallest absolute Gasteiger partial charge is 0.268 e. The first-order valence-corrected chi connectivity index (χ1v) is 10.9. The number of halogens is 2. The van der Waals surface area contributed by atoms with E-state index >= 15 is 0 Å². The number of thiazole rings is 1. The molecule has 1 atom stereocenters. The van der Waals surface area contributed by atoms with Crippen molar-refractivity contribution in [2.75, 3.05) is 31.1 Å².